The average Bonchev–Trinajstić information content (AvgIpc) is 2.91. The van der Waals surface area contributed by atoms with E-state index in [1.165, 1.54) is 5.56 Å². The van der Waals surface area contributed by atoms with Crippen LogP contribution in [0.25, 0.3) is 0 Å². The van der Waals surface area contributed by atoms with E-state index in [1.807, 2.05) is 35.0 Å². The van der Waals surface area contributed by atoms with Crippen LogP contribution in [-0.4, -0.2) is 12.0 Å². The number of hydrogen-bond acceptors (Lipinski definition) is 3. The first-order valence-electron chi connectivity index (χ1n) is 6.96. The molecular weight excluding hydrogens is 282 g/mol. The lowest BCUT2D eigenvalue weighted by Gasteiger charge is -2.21. The summed E-state index contributed by atoms with van der Waals surface area (Å²) < 4.78 is 5.75. The van der Waals surface area contributed by atoms with Crippen LogP contribution in [0.3, 0.4) is 0 Å². The summed E-state index contributed by atoms with van der Waals surface area (Å²) in [6.07, 6.45) is -0.542. The monoisotopic (exact) mass is 303 g/mol. The number of benzene rings is 1. The van der Waals surface area contributed by atoms with Gasteiger partial charge >= 0.3 is 0 Å². The van der Waals surface area contributed by atoms with Gasteiger partial charge in [-0.25, -0.2) is 0 Å². The van der Waals surface area contributed by atoms with Crippen molar-refractivity contribution in [3.05, 3.63) is 46.7 Å². The molecule has 3 nitrogen and oxygen atoms in total. The Balaban J connectivity index is 2.02. The molecule has 1 unspecified atom stereocenters. The Labute approximate surface area is 130 Å². The van der Waals surface area contributed by atoms with Crippen LogP contribution in [0.15, 0.2) is 41.1 Å². The van der Waals surface area contributed by atoms with Gasteiger partial charge in [0.25, 0.3) is 5.91 Å². The molecule has 4 heteroatoms. The molecule has 0 aliphatic carbocycles. The summed E-state index contributed by atoms with van der Waals surface area (Å²) in [5.74, 6) is 0.574. The van der Waals surface area contributed by atoms with Crippen LogP contribution in [-0.2, 0) is 10.2 Å². The molecule has 0 spiro atoms. The second-order valence-electron chi connectivity index (χ2n) is 6.04. The van der Waals surface area contributed by atoms with E-state index in [9.17, 15) is 4.79 Å². The van der Waals surface area contributed by atoms with Crippen LogP contribution in [0, 0.1) is 0 Å². The van der Waals surface area contributed by atoms with Crippen molar-refractivity contribution in [2.75, 3.05) is 5.32 Å². The normalized spacial score (nSPS) is 12.8. The van der Waals surface area contributed by atoms with Crippen molar-refractivity contribution >= 4 is 22.9 Å². The molecule has 0 radical (unpaired) electrons. The molecule has 1 amide bonds. The van der Waals surface area contributed by atoms with Gasteiger partial charge in [0.2, 0.25) is 0 Å². The SMILES string of the molecule is CC(Oc1cccc(C(C)(C)C)c1)C(=O)Nc1ccsc1. The quantitative estimate of drug-likeness (QED) is 0.906. The molecule has 112 valence electrons. The van der Waals surface area contributed by atoms with Gasteiger partial charge in [0.1, 0.15) is 5.75 Å². The van der Waals surface area contributed by atoms with Crippen LogP contribution in [0.1, 0.15) is 33.3 Å². The van der Waals surface area contributed by atoms with Crippen molar-refractivity contribution in [3.8, 4) is 5.75 Å². The minimum absolute atomic E-state index is 0.0571. The standard InChI is InChI=1S/C17H21NO2S/c1-12(16(19)18-14-8-9-21-11-14)20-15-7-5-6-13(10-15)17(2,3)4/h5-12H,1-4H3,(H,18,19). The van der Waals surface area contributed by atoms with Gasteiger partial charge in [-0.15, -0.1) is 0 Å². The lowest BCUT2D eigenvalue weighted by Crippen LogP contribution is -2.30. The highest BCUT2D eigenvalue weighted by Crippen LogP contribution is 2.26. The molecule has 1 heterocycles. The topological polar surface area (TPSA) is 38.3 Å². The zero-order chi connectivity index (χ0) is 15.5. The van der Waals surface area contributed by atoms with Crippen molar-refractivity contribution in [2.24, 2.45) is 0 Å². The molecule has 1 aromatic heterocycles. The number of nitrogens with one attached hydrogen (secondary N) is 1. The Morgan fingerprint density at radius 1 is 1.29 bits per heavy atom. The first-order valence-corrected chi connectivity index (χ1v) is 7.91. The second kappa shape index (κ2) is 6.31. The first kappa shape index (κ1) is 15.6. The molecule has 1 N–H and O–H groups in total. The van der Waals surface area contributed by atoms with Crippen molar-refractivity contribution in [1.29, 1.82) is 0 Å². The Morgan fingerprint density at radius 3 is 2.67 bits per heavy atom. The maximum Gasteiger partial charge on any atom is 0.265 e. The Kier molecular flexibility index (Phi) is 4.68. The highest BCUT2D eigenvalue weighted by molar-refractivity contribution is 7.08. The summed E-state index contributed by atoms with van der Waals surface area (Å²) in [7, 11) is 0. The van der Waals surface area contributed by atoms with Gasteiger partial charge in [-0.05, 0) is 41.5 Å². The first-order chi connectivity index (χ1) is 9.86. The summed E-state index contributed by atoms with van der Waals surface area (Å²) in [4.78, 5) is 12.1. The van der Waals surface area contributed by atoms with Gasteiger partial charge < -0.3 is 10.1 Å². The van der Waals surface area contributed by atoms with Crippen LogP contribution in [0.2, 0.25) is 0 Å². The van der Waals surface area contributed by atoms with Gasteiger partial charge in [0.05, 0.1) is 5.69 Å². The molecule has 0 aliphatic rings. The highest BCUT2D eigenvalue weighted by atomic mass is 32.1. The minimum Gasteiger partial charge on any atom is -0.481 e. The van der Waals surface area contributed by atoms with Crippen molar-refractivity contribution < 1.29 is 9.53 Å². The van der Waals surface area contributed by atoms with Gasteiger partial charge in [0, 0.05) is 5.38 Å². The predicted octanol–water partition coefficient (Wildman–Crippen LogP) is 4.45. The van der Waals surface area contributed by atoms with E-state index < -0.39 is 6.10 Å². The maximum atomic E-state index is 12.1. The Bertz CT molecular complexity index is 600. The van der Waals surface area contributed by atoms with E-state index in [0.29, 0.717) is 0 Å². The van der Waals surface area contributed by atoms with E-state index in [-0.39, 0.29) is 11.3 Å². The molecule has 2 aromatic rings. The van der Waals surface area contributed by atoms with Gasteiger partial charge in [-0.2, -0.15) is 11.3 Å². The third-order valence-corrected chi connectivity index (χ3v) is 3.85. The molecular formula is C17H21NO2S. The largest absolute Gasteiger partial charge is 0.481 e. The van der Waals surface area contributed by atoms with E-state index in [1.54, 1.807) is 18.3 Å². The van der Waals surface area contributed by atoms with Gasteiger partial charge in [0.15, 0.2) is 6.10 Å². The summed E-state index contributed by atoms with van der Waals surface area (Å²) in [5.41, 5.74) is 2.05. The van der Waals surface area contributed by atoms with E-state index >= 15 is 0 Å². The number of ether oxygens (including phenoxy) is 1. The zero-order valence-corrected chi connectivity index (χ0v) is 13.7. The number of amides is 1. The van der Waals surface area contributed by atoms with E-state index in [4.69, 9.17) is 4.74 Å². The molecule has 0 fully saturated rings. The highest BCUT2D eigenvalue weighted by Gasteiger charge is 2.17. The second-order valence-corrected chi connectivity index (χ2v) is 6.82. The third kappa shape index (κ3) is 4.33. The fraction of sp³-hybridized carbons (Fsp3) is 0.353. The summed E-state index contributed by atoms with van der Waals surface area (Å²) in [6, 6.07) is 9.77. The zero-order valence-electron chi connectivity index (χ0n) is 12.8. The number of thiophene rings is 1. The predicted molar refractivity (Wildman–Crippen MR) is 88.2 cm³/mol. The molecule has 0 saturated heterocycles. The lowest BCUT2D eigenvalue weighted by molar-refractivity contribution is -0.122. The van der Waals surface area contributed by atoms with Crippen LogP contribution in [0.4, 0.5) is 5.69 Å². The summed E-state index contributed by atoms with van der Waals surface area (Å²) >= 11 is 1.55. The molecule has 1 aromatic carbocycles. The number of carbonyl (C=O) groups excluding carboxylic acids is 1. The minimum atomic E-state index is -0.542. The Hall–Kier alpha value is -1.81. The third-order valence-electron chi connectivity index (χ3n) is 3.17. The molecule has 0 saturated carbocycles. The van der Waals surface area contributed by atoms with Gasteiger partial charge in [-0.3, -0.25) is 4.79 Å². The Morgan fingerprint density at radius 2 is 2.05 bits per heavy atom. The summed E-state index contributed by atoms with van der Waals surface area (Å²) in [6.45, 7) is 8.21. The molecule has 1 atom stereocenters. The average molecular weight is 303 g/mol. The maximum absolute atomic E-state index is 12.1. The van der Waals surface area contributed by atoms with E-state index in [2.05, 4.69) is 32.2 Å². The van der Waals surface area contributed by atoms with Crippen LogP contribution in [0.5, 0.6) is 5.75 Å². The van der Waals surface area contributed by atoms with Crippen molar-refractivity contribution in [2.45, 2.75) is 39.2 Å². The fourth-order valence-corrected chi connectivity index (χ4v) is 2.46. The smallest absolute Gasteiger partial charge is 0.265 e. The lowest BCUT2D eigenvalue weighted by atomic mass is 9.87. The molecule has 2 rings (SSSR count). The fourth-order valence-electron chi connectivity index (χ4n) is 1.87. The van der Waals surface area contributed by atoms with Crippen LogP contribution < -0.4 is 10.1 Å². The number of anilines is 1. The van der Waals surface area contributed by atoms with Crippen LogP contribution >= 0.6 is 11.3 Å². The van der Waals surface area contributed by atoms with Gasteiger partial charge in [-0.1, -0.05) is 32.9 Å². The number of hydrogen-bond donors (Lipinski definition) is 1. The molecule has 0 aliphatic heterocycles. The summed E-state index contributed by atoms with van der Waals surface area (Å²) in [5, 5.41) is 6.65. The van der Waals surface area contributed by atoms with E-state index in [0.717, 1.165) is 11.4 Å². The molecule has 21 heavy (non-hydrogen) atoms. The molecule has 0 bridgehead atoms. The van der Waals surface area contributed by atoms with Crippen molar-refractivity contribution in [1.82, 2.24) is 0 Å². The van der Waals surface area contributed by atoms with Crippen molar-refractivity contribution in [3.63, 3.8) is 0 Å². The number of carbonyl (C=O) groups is 1. The number of rotatable bonds is 4.